The SMILES string of the molecule is CN(C)C[C@H](NC(=O)c1ccc(-n2cncn2)cc1)c1ccccc1. The molecule has 0 saturated heterocycles. The summed E-state index contributed by atoms with van der Waals surface area (Å²) in [5.41, 5.74) is 2.56. The molecule has 0 unspecified atom stereocenters. The summed E-state index contributed by atoms with van der Waals surface area (Å²) >= 11 is 0. The van der Waals surface area contributed by atoms with Crippen LogP contribution in [0.4, 0.5) is 0 Å². The summed E-state index contributed by atoms with van der Waals surface area (Å²) in [5, 5.41) is 7.20. The van der Waals surface area contributed by atoms with Crippen LogP contribution in [0.15, 0.2) is 67.3 Å². The first-order chi connectivity index (χ1) is 12.1. The van der Waals surface area contributed by atoms with Crippen LogP contribution in [0.2, 0.25) is 0 Å². The molecule has 0 fully saturated rings. The molecule has 0 aliphatic rings. The first kappa shape index (κ1) is 16.9. The van der Waals surface area contributed by atoms with Gasteiger partial charge < -0.3 is 10.2 Å². The van der Waals surface area contributed by atoms with Crippen molar-refractivity contribution >= 4 is 5.91 Å². The van der Waals surface area contributed by atoms with E-state index in [4.69, 9.17) is 0 Å². The van der Waals surface area contributed by atoms with Crippen molar-refractivity contribution in [3.63, 3.8) is 0 Å². The maximum absolute atomic E-state index is 12.6. The minimum atomic E-state index is -0.0964. The molecular formula is C19H21N5O. The second-order valence-electron chi connectivity index (χ2n) is 6.09. The Hall–Kier alpha value is -2.99. The molecule has 6 heteroatoms. The van der Waals surface area contributed by atoms with Crippen molar-refractivity contribution in [2.24, 2.45) is 0 Å². The predicted octanol–water partition coefficient (Wildman–Crippen LogP) is 2.30. The molecule has 2 aromatic carbocycles. The maximum Gasteiger partial charge on any atom is 0.251 e. The number of hydrogen-bond donors (Lipinski definition) is 1. The van der Waals surface area contributed by atoms with Crippen molar-refractivity contribution in [2.45, 2.75) is 6.04 Å². The molecule has 0 saturated carbocycles. The lowest BCUT2D eigenvalue weighted by Crippen LogP contribution is -2.35. The summed E-state index contributed by atoms with van der Waals surface area (Å²) in [6.07, 6.45) is 3.10. The van der Waals surface area contributed by atoms with Crippen LogP contribution in [0.5, 0.6) is 0 Å². The van der Waals surface area contributed by atoms with Crippen LogP contribution in [0, 0.1) is 0 Å². The Kier molecular flexibility index (Phi) is 5.20. The number of aromatic nitrogens is 3. The third-order valence-corrected chi connectivity index (χ3v) is 3.87. The lowest BCUT2D eigenvalue weighted by molar-refractivity contribution is 0.0930. The van der Waals surface area contributed by atoms with Crippen LogP contribution in [0.25, 0.3) is 5.69 Å². The maximum atomic E-state index is 12.6. The number of nitrogens with zero attached hydrogens (tertiary/aromatic N) is 4. The standard InChI is InChI=1S/C19H21N5O/c1-23(2)12-18(15-6-4-3-5-7-15)22-19(25)16-8-10-17(11-9-16)24-14-20-13-21-24/h3-11,13-14,18H,12H2,1-2H3,(H,22,25)/t18-/m0/s1. The van der Waals surface area contributed by atoms with Gasteiger partial charge in [-0.3, -0.25) is 4.79 Å². The van der Waals surface area contributed by atoms with Crippen LogP contribution < -0.4 is 5.32 Å². The van der Waals surface area contributed by atoms with E-state index >= 15 is 0 Å². The largest absolute Gasteiger partial charge is 0.344 e. The number of hydrogen-bond acceptors (Lipinski definition) is 4. The Labute approximate surface area is 147 Å². The normalized spacial score (nSPS) is 12.1. The topological polar surface area (TPSA) is 63.1 Å². The zero-order valence-corrected chi connectivity index (χ0v) is 14.3. The van der Waals surface area contributed by atoms with E-state index in [1.165, 1.54) is 6.33 Å². The number of carbonyl (C=O) groups is 1. The van der Waals surface area contributed by atoms with Crippen molar-refractivity contribution < 1.29 is 4.79 Å². The van der Waals surface area contributed by atoms with Gasteiger partial charge in [-0.15, -0.1) is 0 Å². The number of likely N-dealkylation sites (N-methyl/N-ethyl adjacent to an activating group) is 1. The highest BCUT2D eigenvalue weighted by Gasteiger charge is 2.16. The molecule has 1 aromatic heterocycles. The summed E-state index contributed by atoms with van der Waals surface area (Å²) < 4.78 is 1.65. The second kappa shape index (κ2) is 7.72. The van der Waals surface area contributed by atoms with E-state index in [1.54, 1.807) is 23.1 Å². The number of carbonyl (C=O) groups excluding carboxylic acids is 1. The van der Waals surface area contributed by atoms with Crippen LogP contribution in [-0.2, 0) is 0 Å². The van der Waals surface area contributed by atoms with E-state index < -0.39 is 0 Å². The molecule has 1 N–H and O–H groups in total. The summed E-state index contributed by atoms with van der Waals surface area (Å²) in [6.45, 7) is 0.729. The summed E-state index contributed by atoms with van der Waals surface area (Å²) in [5.74, 6) is -0.0964. The number of rotatable bonds is 6. The minimum absolute atomic E-state index is 0.0707. The molecule has 128 valence electrons. The zero-order valence-electron chi connectivity index (χ0n) is 14.3. The molecule has 25 heavy (non-hydrogen) atoms. The highest BCUT2D eigenvalue weighted by atomic mass is 16.1. The van der Waals surface area contributed by atoms with E-state index in [1.807, 2.05) is 56.6 Å². The monoisotopic (exact) mass is 335 g/mol. The van der Waals surface area contributed by atoms with Gasteiger partial charge in [-0.1, -0.05) is 30.3 Å². The van der Waals surface area contributed by atoms with Gasteiger partial charge in [0.2, 0.25) is 0 Å². The van der Waals surface area contributed by atoms with Crippen molar-refractivity contribution in [1.82, 2.24) is 25.0 Å². The lowest BCUT2D eigenvalue weighted by Gasteiger charge is -2.23. The van der Waals surface area contributed by atoms with Gasteiger partial charge in [0.1, 0.15) is 12.7 Å². The average molecular weight is 335 g/mol. The molecule has 0 bridgehead atoms. The lowest BCUT2D eigenvalue weighted by atomic mass is 10.1. The molecule has 1 amide bonds. The van der Waals surface area contributed by atoms with Gasteiger partial charge in [0.25, 0.3) is 5.91 Å². The van der Waals surface area contributed by atoms with Gasteiger partial charge in [0, 0.05) is 12.1 Å². The smallest absolute Gasteiger partial charge is 0.251 e. The molecule has 1 heterocycles. The van der Waals surface area contributed by atoms with Crippen LogP contribution >= 0.6 is 0 Å². The second-order valence-corrected chi connectivity index (χ2v) is 6.09. The Morgan fingerprint density at radius 2 is 1.84 bits per heavy atom. The summed E-state index contributed by atoms with van der Waals surface area (Å²) in [6, 6.07) is 17.2. The van der Waals surface area contributed by atoms with E-state index in [0.717, 1.165) is 17.8 Å². The molecule has 1 atom stereocenters. The minimum Gasteiger partial charge on any atom is -0.344 e. The van der Waals surface area contributed by atoms with Crippen LogP contribution in [0.3, 0.4) is 0 Å². The molecule has 0 radical (unpaired) electrons. The summed E-state index contributed by atoms with van der Waals surface area (Å²) in [7, 11) is 3.99. The average Bonchev–Trinajstić information content (AvgIpc) is 3.16. The molecule has 6 nitrogen and oxygen atoms in total. The van der Waals surface area contributed by atoms with Crippen molar-refractivity contribution in [3.8, 4) is 5.69 Å². The van der Waals surface area contributed by atoms with E-state index in [-0.39, 0.29) is 11.9 Å². The number of benzene rings is 2. The van der Waals surface area contributed by atoms with Gasteiger partial charge in [-0.2, -0.15) is 5.10 Å². The van der Waals surface area contributed by atoms with Crippen molar-refractivity contribution in [3.05, 3.63) is 78.4 Å². The fourth-order valence-corrected chi connectivity index (χ4v) is 2.63. The van der Waals surface area contributed by atoms with E-state index in [9.17, 15) is 4.79 Å². The van der Waals surface area contributed by atoms with E-state index in [0.29, 0.717) is 5.56 Å². The molecule has 3 rings (SSSR count). The van der Waals surface area contributed by atoms with Gasteiger partial charge in [0.05, 0.1) is 11.7 Å². The fraction of sp³-hybridized carbons (Fsp3) is 0.211. The van der Waals surface area contributed by atoms with Crippen LogP contribution in [-0.4, -0.2) is 46.2 Å². The third kappa shape index (κ3) is 4.30. The highest BCUT2D eigenvalue weighted by molar-refractivity contribution is 5.94. The number of amides is 1. The Morgan fingerprint density at radius 1 is 1.12 bits per heavy atom. The van der Waals surface area contributed by atoms with Gasteiger partial charge in [-0.25, -0.2) is 9.67 Å². The van der Waals surface area contributed by atoms with Gasteiger partial charge in [-0.05, 0) is 43.9 Å². The van der Waals surface area contributed by atoms with E-state index in [2.05, 4.69) is 20.3 Å². The molecule has 3 aromatic rings. The van der Waals surface area contributed by atoms with Crippen LogP contribution in [0.1, 0.15) is 22.0 Å². The number of nitrogens with one attached hydrogen (secondary N) is 1. The Morgan fingerprint density at radius 3 is 2.44 bits per heavy atom. The third-order valence-electron chi connectivity index (χ3n) is 3.87. The quantitative estimate of drug-likeness (QED) is 0.751. The molecular weight excluding hydrogens is 314 g/mol. The highest BCUT2D eigenvalue weighted by Crippen LogP contribution is 2.15. The van der Waals surface area contributed by atoms with Gasteiger partial charge >= 0.3 is 0 Å². The molecule has 0 aliphatic carbocycles. The Bertz CT molecular complexity index is 798. The molecule has 0 spiro atoms. The fourth-order valence-electron chi connectivity index (χ4n) is 2.63. The summed E-state index contributed by atoms with van der Waals surface area (Å²) in [4.78, 5) is 18.6. The van der Waals surface area contributed by atoms with Crippen molar-refractivity contribution in [2.75, 3.05) is 20.6 Å². The van der Waals surface area contributed by atoms with Crippen molar-refractivity contribution in [1.29, 1.82) is 0 Å². The van der Waals surface area contributed by atoms with Gasteiger partial charge in [0.15, 0.2) is 0 Å². The zero-order chi connectivity index (χ0) is 17.6. The first-order valence-electron chi connectivity index (χ1n) is 8.09. The molecule has 0 aliphatic heterocycles. The Balaban J connectivity index is 1.74. The predicted molar refractivity (Wildman–Crippen MR) is 96.6 cm³/mol. The first-order valence-corrected chi connectivity index (χ1v) is 8.09.